The van der Waals surface area contributed by atoms with Gasteiger partial charge in [-0.15, -0.1) is 11.3 Å². The molecule has 1 fully saturated rings. The van der Waals surface area contributed by atoms with E-state index in [-0.39, 0.29) is 25.4 Å². The molecule has 0 unspecified atom stereocenters. The maximum absolute atomic E-state index is 13.6. The van der Waals surface area contributed by atoms with Crippen molar-refractivity contribution in [1.82, 2.24) is 20.5 Å². The summed E-state index contributed by atoms with van der Waals surface area (Å²) in [5, 5.41) is 15.9. The molecule has 202 valence electrons. The van der Waals surface area contributed by atoms with E-state index in [2.05, 4.69) is 15.6 Å². The number of β-amino-alcohol motifs (C(OH)–C–C–N with tert-alkyl or cyclic N) is 1. The van der Waals surface area contributed by atoms with Crippen molar-refractivity contribution in [2.75, 3.05) is 6.54 Å². The molecule has 1 aromatic carbocycles. The smallest absolute Gasteiger partial charge is 0.408 e. The van der Waals surface area contributed by atoms with Gasteiger partial charge < -0.3 is 25.4 Å². The number of ether oxygens (including phenoxy) is 1. The third kappa shape index (κ3) is 7.52. The summed E-state index contributed by atoms with van der Waals surface area (Å²) < 4.78 is 5.35. The second-order valence-electron chi connectivity index (χ2n) is 11.5. The first-order valence-corrected chi connectivity index (χ1v) is 13.3. The Hall–Kier alpha value is -2.98. The lowest BCUT2D eigenvalue weighted by molar-refractivity contribution is -0.142. The Morgan fingerprint density at radius 2 is 1.81 bits per heavy atom. The molecule has 0 aliphatic carbocycles. The van der Waals surface area contributed by atoms with E-state index in [1.54, 1.807) is 32.1 Å². The molecule has 1 saturated heterocycles. The van der Waals surface area contributed by atoms with Gasteiger partial charge in [0.25, 0.3) is 0 Å². The summed E-state index contributed by atoms with van der Waals surface area (Å²) in [7, 11) is 0. The average Bonchev–Trinajstić information content (AvgIpc) is 3.39. The average molecular weight is 531 g/mol. The molecule has 1 aliphatic heterocycles. The van der Waals surface area contributed by atoms with E-state index in [0.717, 1.165) is 21.7 Å². The predicted molar refractivity (Wildman–Crippen MR) is 143 cm³/mol. The Kier molecular flexibility index (Phi) is 8.64. The molecule has 3 N–H and O–H groups in total. The molecule has 10 heteroatoms. The van der Waals surface area contributed by atoms with E-state index in [9.17, 15) is 19.5 Å². The molecule has 1 aliphatic rings. The second kappa shape index (κ2) is 11.2. The Morgan fingerprint density at radius 3 is 2.35 bits per heavy atom. The molecule has 0 bridgehead atoms. The largest absolute Gasteiger partial charge is 0.444 e. The summed E-state index contributed by atoms with van der Waals surface area (Å²) in [5.41, 5.74) is 3.40. The van der Waals surface area contributed by atoms with Gasteiger partial charge in [-0.1, -0.05) is 45.0 Å². The summed E-state index contributed by atoms with van der Waals surface area (Å²) in [4.78, 5) is 45.9. The van der Waals surface area contributed by atoms with Gasteiger partial charge in [-0.05, 0) is 44.2 Å². The molecule has 0 spiro atoms. The van der Waals surface area contributed by atoms with Crippen molar-refractivity contribution < 1.29 is 24.2 Å². The maximum atomic E-state index is 13.6. The van der Waals surface area contributed by atoms with Gasteiger partial charge in [0.05, 0.1) is 22.2 Å². The van der Waals surface area contributed by atoms with Crippen LogP contribution < -0.4 is 10.6 Å². The van der Waals surface area contributed by atoms with Crippen molar-refractivity contribution in [3.8, 4) is 10.4 Å². The van der Waals surface area contributed by atoms with Crippen molar-refractivity contribution >= 4 is 29.2 Å². The van der Waals surface area contributed by atoms with Gasteiger partial charge in [0, 0.05) is 19.5 Å². The van der Waals surface area contributed by atoms with Gasteiger partial charge in [-0.3, -0.25) is 9.59 Å². The van der Waals surface area contributed by atoms with Crippen LogP contribution in [-0.2, 0) is 20.9 Å². The van der Waals surface area contributed by atoms with Crippen LogP contribution in [-0.4, -0.2) is 63.2 Å². The number of carbonyl (C=O) groups is 3. The Labute approximate surface area is 222 Å². The third-order valence-electron chi connectivity index (χ3n) is 6.07. The number of likely N-dealkylation sites (tertiary alicyclic amines) is 1. The number of aryl methyl sites for hydroxylation is 1. The van der Waals surface area contributed by atoms with Crippen molar-refractivity contribution in [2.45, 2.75) is 85.2 Å². The summed E-state index contributed by atoms with van der Waals surface area (Å²) in [6, 6.07) is 6.10. The lowest BCUT2D eigenvalue weighted by Crippen LogP contribution is -2.58. The number of hydrogen-bond acceptors (Lipinski definition) is 7. The number of amides is 3. The van der Waals surface area contributed by atoms with E-state index in [4.69, 9.17) is 4.74 Å². The van der Waals surface area contributed by atoms with Crippen molar-refractivity contribution in [3.63, 3.8) is 0 Å². The third-order valence-corrected chi connectivity index (χ3v) is 7.04. The Bertz CT molecular complexity index is 1120. The number of nitrogens with one attached hydrogen (secondary N) is 2. The van der Waals surface area contributed by atoms with Crippen molar-refractivity contribution in [3.05, 3.63) is 41.0 Å². The first kappa shape index (κ1) is 28.6. The minimum absolute atomic E-state index is 0.0163. The number of thiazole rings is 1. The number of hydrogen-bond donors (Lipinski definition) is 3. The molecule has 3 rings (SSSR count). The van der Waals surface area contributed by atoms with Crippen LogP contribution in [0.15, 0.2) is 29.8 Å². The van der Waals surface area contributed by atoms with Gasteiger partial charge in [0.2, 0.25) is 11.8 Å². The molecule has 3 atom stereocenters. The van der Waals surface area contributed by atoms with Crippen LogP contribution in [0.25, 0.3) is 10.4 Å². The Balaban J connectivity index is 1.68. The zero-order valence-electron chi connectivity index (χ0n) is 22.6. The van der Waals surface area contributed by atoms with E-state index in [1.165, 1.54) is 4.90 Å². The van der Waals surface area contributed by atoms with E-state index >= 15 is 0 Å². The fraction of sp³-hybridized carbons (Fsp3) is 0.556. The highest BCUT2D eigenvalue weighted by atomic mass is 32.1. The van der Waals surface area contributed by atoms with Gasteiger partial charge in [0.15, 0.2) is 0 Å². The number of alkyl carbamates (subject to hydrolysis) is 1. The normalized spacial score (nSPS) is 18.9. The zero-order chi connectivity index (χ0) is 27.5. The van der Waals surface area contributed by atoms with Crippen molar-refractivity contribution in [2.24, 2.45) is 5.41 Å². The van der Waals surface area contributed by atoms with Crippen LogP contribution in [0.4, 0.5) is 4.79 Å². The zero-order valence-corrected chi connectivity index (χ0v) is 23.4. The van der Waals surface area contributed by atoms with Gasteiger partial charge >= 0.3 is 6.09 Å². The quantitative estimate of drug-likeness (QED) is 0.525. The van der Waals surface area contributed by atoms with Crippen LogP contribution in [0.1, 0.15) is 59.2 Å². The number of aliphatic hydroxyl groups is 1. The lowest BCUT2D eigenvalue weighted by Gasteiger charge is -2.35. The topological polar surface area (TPSA) is 121 Å². The summed E-state index contributed by atoms with van der Waals surface area (Å²) in [6.45, 7) is 13.0. The highest BCUT2D eigenvalue weighted by molar-refractivity contribution is 7.13. The molecular formula is C27H38N4O5S. The molecule has 9 nitrogen and oxygen atoms in total. The van der Waals surface area contributed by atoms with Crippen LogP contribution >= 0.6 is 11.3 Å². The summed E-state index contributed by atoms with van der Waals surface area (Å²) in [5.74, 6) is -0.781. The number of carbonyl (C=O) groups excluding carboxylic acids is 3. The number of aromatic nitrogens is 1. The van der Waals surface area contributed by atoms with E-state index in [1.807, 2.05) is 57.5 Å². The van der Waals surface area contributed by atoms with Crippen LogP contribution in [0, 0.1) is 12.3 Å². The maximum Gasteiger partial charge on any atom is 0.408 e. The number of aliphatic hydroxyl groups excluding tert-OH is 1. The van der Waals surface area contributed by atoms with Crippen LogP contribution in [0.3, 0.4) is 0 Å². The highest BCUT2D eigenvalue weighted by Crippen LogP contribution is 2.28. The SMILES string of the molecule is Cc1ncsc1-c1ccc(CNC(=O)[C@@H]2C[C@H](O)CN2C(=O)[C@@H](NC(=O)OC(C)(C)C)C(C)(C)C)cc1. The monoisotopic (exact) mass is 530 g/mol. The standard InChI is InChI=1S/C27H38N4O5S/c1-16-21(37-15-29-16)18-10-8-17(9-11-18)13-28-23(33)20-12-19(32)14-31(20)24(34)22(26(2,3)4)30-25(35)36-27(5,6)7/h8-11,15,19-20,22,32H,12-14H2,1-7H3,(H,28,33)(H,30,35)/t19-,20-,22+/m0/s1. The molecular weight excluding hydrogens is 492 g/mol. The van der Waals surface area contributed by atoms with Crippen LogP contribution in [0.2, 0.25) is 0 Å². The summed E-state index contributed by atoms with van der Waals surface area (Å²) in [6.07, 6.45) is -1.41. The first-order valence-electron chi connectivity index (χ1n) is 12.4. The second-order valence-corrected chi connectivity index (χ2v) is 12.4. The van der Waals surface area contributed by atoms with Gasteiger partial charge in [-0.25, -0.2) is 9.78 Å². The molecule has 1 aromatic heterocycles. The van der Waals surface area contributed by atoms with Crippen molar-refractivity contribution in [1.29, 1.82) is 0 Å². The molecule has 37 heavy (non-hydrogen) atoms. The molecule has 3 amide bonds. The fourth-order valence-corrected chi connectivity index (χ4v) is 5.02. The minimum Gasteiger partial charge on any atom is -0.444 e. The number of nitrogens with zero attached hydrogens (tertiary/aromatic N) is 2. The molecule has 0 saturated carbocycles. The molecule has 2 heterocycles. The van der Waals surface area contributed by atoms with Gasteiger partial charge in [-0.2, -0.15) is 0 Å². The first-order chi connectivity index (χ1) is 17.2. The highest BCUT2D eigenvalue weighted by Gasteiger charge is 2.44. The lowest BCUT2D eigenvalue weighted by atomic mass is 9.85. The summed E-state index contributed by atoms with van der Waals surface area (Å²) >= 11 is 1.58. The fourth-order valence-electron chi connectivity index (χ4n) is 4.21. The number of benzene rings is 1. The van der Waals surface area contributed by atoms with Gasteiger partial charge in [0.1, 0.15) is 17.7 Å². The van der Waals surface area contributed by atoms with E-state index in [0.29, 0.717) is 0 Å². The van der Waals surface area contributed by atoms with E-state index < -0.39 is 41.2 Å². The molecule has 2 aromatic rings. The number of rotatable bonds is 6. The van der Waals surface area contributed by atoms with Crippen LogP contribution in [0.5, 0.6) is 0 Å². The Morgan fingerprint density at radius 1 is 1.16 bits per heavy atom. The minimum atomic E-state index is -0.939. The molecule has 0 radical (unpaired) electrons. The predicted octanol–water partition coefficient (Wildman–Crippen LogP) is 3.64.